The van der Waals surface area contributed by atoms with Crippen molar-refractivity contribution in [3.63, 3.8) is 0 Å². The normalized spacial score (nSPS) is 11.7. The number of hydrogen-bond donors (Lipinski definition) is 3. The van der Waals surface area contributed by atoms with Gasteiger partial charge in [-0.15, -0.1) is 5.10 Å². The van der Waals surface area contributed by atoms with Gasteiger partial charge in [0.1, 0.15) is 0 Å². The summed E-state index contributed by atoms with van der Waals surface area (Å²) >= 11 is 0. The van der Waals surface area contributed by atoms with Crippen molar-refractivity contribution >= 4 is 11.9 Å². The molecule has 2 aromatic carbocycles. The van der Waals surface area contributed by atoms with Crippen LogP contribution in [0.4, 0.5) is 0 Å². The van der Waals surface area contributed by atoms with E-state index in [0.717, 1.165) is 16.7 Å². The van der Waals surface area contributed by atoms with Crippen molar-refractivity contribution < 1.29 is 14.7 Å². The van der Waals surface area contributed by atoms with Crippen molar-refractivity contribution in [2.45, 2.75) is 25.3 Å². The predicted molar refractivity (Wildman–Crippen MR) is 97.6 cm³/mol. The van der Waals surface area contributed by atoms with Crippen molar-refractivity contribution in [2.75, 3.05) is 0 Å². The molecule has 0 unspecified atom stereocenters. The molecule has 0 fully saturated rings. The summed E-state index contributed by atoms with van der Waals surface area (Å²) in [6, 6.07) is 17.3. The minimum absolute atomic E-state index is 0.0317. The lowest BCUT2D eigenvalue weighted by Crippen LogP contribution is -2.39. The largest absolute Gasteiger partial charge is 0.481 e. The molecule has 1 amide bonds. The van der Waals surface area contributed by atoms with Crippen LogP contribution >= 0.6 is 0 Å². The molecule has 0 radical (unpaired) electrons. The maximum atomic E-state index is 12.1. The summed E-state index contributed by atoms with van der Waals surface area (Å²) in [6.07, 6.45) is 0.221. The molecule has 3 N–H and O–H groups in total. The van der Waals surface area contributed by atoms with Crippen LogP contribution < -0.4 is 5.32 Å². The Morgan fingerprint density at radius 1 is 1.04 bits per heavy atom. The molecule has 138 valence electrons. The average molecular weight is 365 g/mol. The van der Waals surface area contributed by atoms with Crippen LogP contribution in [-0.4, -0.2) is 43.6 Å². The highest BCUT2D eigenvalue weighted by molar-refractivity contribution is 5.79. The molecule has 0 saturated carbocycles. The highest BCUT2D eigenvalue weighted by Crippen LogP contribution is 2.20. The Labute approximate surface area is 155 Å². The maximum Gasteiger partial charge on any atom is 0.305 e. The third-order valence-corrected chi connectivity index (χ3v) is 4.05. The molecular formula is C19H19N5O3. The van der Waals surface area contributed by atoms with Gasteiger partial charge >= 0.3 is 5.97 Å². The number of carbonyl (C=O) groups excluding carboxylic acids is 1. The van der Waals surface area contributed by atoms with E-state index in [4.69, 9.17) is 5.11 Å². The number of tetrazole rings is 1. The minimum Gasteiger partial charge on any atom is -0.481 e. The first-order valence-corrected chi connectivity index (χ1v) is 8.48. The van der Waals surface area contributed by atoms with E-state index < -0.39 is 12.0 Å². The molecule has 0 spiro atoms. The first-order valence-electron chi connectivity index (χ1n) is 8.48. The molecule has 0 aliphatic carbocycles. The minimum atomic E-state index is -0.970. The van der Waals surface area contributed by atoms with Crippen molar-refractivity contribution in [1.82, 2.24) is 25.9 Å². The van der Waals surface area contributed by atoms with E-state index in [9.17, 15) is 9.59 Å². The second-order valence-electron chi connectivity index (χ2n) is 6.15. The molecule has 1 heterocycles. The number of amides is 1. The van der Waals surface area contributed by atoms with E-state index >= 15 is 0 Å². The van der Waals surface area contributed by atoms with Gasteiger partial charge in [0.2, 0.25) is 5.91 Å². The van der Waals surface area contributed by atoms with Gasteiger partial charge in [-0.3, -0.25) is 9.59 Å². The number of carboxylic acid groups (broad SMARTS) is 1. The van der Waals surface area contributed by atoms with Crippen molar-refractivity contribution in [1.29, 1.82) is 0 Å². The van der Waals surface area contributed by atoms with Crippen LogP contribution in [0.15, 0.2) is 54.6 Å². The number of aliphatic carboxylic acids is 1. The first kappa shape index (κ1) is 18.2. The number of aromatic nitrogens is 4. The fourth-order valence-electron chi connectivity index (χ4n) is 2.82. The van der Waals surface area contributed by atoms with Crippen LogP contribution in [0, 0.1) is 0 Å². The second kappa shape index (κ2) is 8.70. The van der Waals surface area contributed by atoms with Gasteiger partial charge in [0.15, 0.2) is 5.82 Å². The monoisotopic (exact) mass is 365 g/mol. The number of carboxylic acids is 1. The Kier molecular flexibility index (Phi) is 5.88. The van der Waals surface area contributed by atoms with Gasteiger partial charge in [-0.25, -0.2) is 5.10 Å². The van der Waals surface area contributed by atoms with Crippen LogP contribution in [0.1, 0.15) is 17.8 Å². The number of carbonyl (C=O) groups is 2. The van der Waals surface area contributed by atoms with E-state index in [1.54, 1.807) is 0 Å². The topological polar surface area (TPSA) is 121 Å². The summed E-state index contributed by atoms with van der Waals surface area (Å²) in [5.74, 6) is -0.975. The van der Waals surface area contributed by atoms with E-state index in [-0.39, 0.29) is 18.7 Å². The maximum absolute atomic E-state index is 12.1. The molecule has 8 nitrogen and oxygen atoms in total. The first-order chi connectivity index (χ1) is 13.1. The van der Waals surface area contributed by atoms with Crippen LogP contribution in [0.25, 0.3) is 11.1 Å². The van der Waals surface area contributed by atoms with E-state index in [2.05, 4.69) is 25.9 Å². The molecular weight excluding hydrogens is 346 g/mol. The zero-order valence-corrected chi connectivity index (χ0v) is 14.5. The van der Waals surface area contributed by atoms with Crippen molar-refractivity contribution in [3.8, 4) is 11.1 Å². The third kappa shape index (κ3) is 5.46. The number of nitrogens with zero attached hydrogens (tertiary/aromatic N) is 3. The lowest BCUT2D eigenvalue weighted by Gasteiger charge is -2.17. The highest BCUT2D eigenvalue weighted by Gasteiger charge is 2.18. The Morgan fingerprint density at radius 2 is 1.74 bits per heavy atom. The van der Waals surface area contributed by atoms with Gasteiger partial charge in [0.05, 0.1) is 12.8 Å². The van der Waals surface area contributed by atoms with Gasteiger partial charge in [-0.05, 0) is 33.5 Å². The summed E-state index contributed by atoms with van der Waals surface area (Å²) in [6.45, 7) is 0. The summed E-state index contributed by atoms with van der Waals surface area (Å²) < 4.78 is 0. The second-order valence-corrected chi connectivity index (χ2v) is 6.15. The Bertz CT molecular complexity index is 879. The van der Waals surface area contributed by atoms with Gasteiger partial charge < -0.3 is 10.4 Å². The number of benzene rings is 2. The van der Waals surface area contributed by atoms with E-state index in [1.807, 2.05) is 54.6 Å². The molecule has 0 saturated heterocycles. The SMILES string of the molecule is O=C(O)C[C@@H](Cc1ccc(-c2ccccc2)cc1)NC(=O)Cc1nnn[nH]1. The summed E-state index contributed by atoms with van der Waals surface area (Å²) in [5, 5.41) is 24.9. The zero-order valence-electron chi connectivity index (χ0n) is 14.5. The van der Waals surface area contributed by atoms with Gasteiger partial charge in [0.25, 0.3) is 0 Å². The quantitative estimate of drug-likeness (QED) is 0.558. The standard InChI is InChI=1S/C19H19N5O3/c25-18(12-17-21-23-24-22-17)20-16(11-19(26)27)10-13-6-8-15(9-7-13)14-4-2-1-3-5-14/h1-9,16H,10-12H2,(H,20,25)(H,26,27)(H,21,22,23,24)/t16-/m1/s1. The smallest absolute Gasteiger partial charge is 0.305 e. The molecule has 1 aromatic heterocycles. The fraction of sp³-hybridized carbons (Fsp3) is 0.211. The molecule has 27 heavy (non-hydrogen) atoms. The number of rotatable bonds is 8. The van der Waals surface area contributed by atoms with Gasteiger partial charge in [0, 0.05) is 6.04 Å². The van der Waals surface area contributed by atoms with Crippen LogP contribution in [0.2, 0.25) is 0 Å². The third-order valence-electron chi connectivity index (χ3n) is 4.05. The van der Waals surface area contributed by atoms with Crippen LogP contribution in [0.5, 0.6) is 0 Å². The lowest BCUT2D eigenvalue weighted by atomic mass is 9.99. The summed E-state index contributed by atoms with van der Waals surface area (Å²) in [5.41, 5.74) is 3.14. The van der Waals surface area contributed by atoms with Crippen molar-refractivity contribution in [3.05, 3.63) is 66.0 Å². The number of nitrogens with one attached hydrogen (secondary N) is 2. The van der Waals surface area contributed by atoms with Crippen molar-refractivity contribution in [2.24, 2.45) is 0 Å². The van der Waals surface area contributed by atoms with Gasteiger partial charge in [-0.1, -0.05) is 54.6 Å². The molecule has 0 aliphatic rings. The molecule has 3 rings (SSSR count). The Hall–Kier alpha value is -3.55. The summed E-state index contributed by atoms with van der Waals surface area (Å²) in [7, 11) is 0. The molecule has 8 heteroatoms. The average Bonchev–Trinajstić information content (AvgIpc) is 3.15. The molecule has 0 aliphatic heterocycles. The highest BCUT2D eigenvalue weighted by atomic mass is 16.4. The Balaban J connectivity index is 1.65. The molecule has 3 aromatic rings. The number of hydrogen-bond acceptors (Lipinski definition) is 5. The zero-order chi connectivity index (χ0) is 19.1. The fourth-order valence-corrected chi connectivity index (χ4v) is 2.82. The van der Waals surface area contributed by atoms with E-state index in [0.29, 0.717) is 12.2 Å². The Morgan fingerprint density at radius 3 is 2.37 bits per heavy atom. The summed E-state index contributed by atoms with van der Waals surface area (Å²) in [4.78, 5) is 23.3. The molecule has 0 bridgehead atoms. The predicted octanol–water partition coefficient (Wildman–Crippen LogP) is 1.61. The number of aromatic amines is 1. The lowest BCUT2D eigenvalue weighted by molar-refractivity contribution is -0.137. The number of H-pyrrole nitrogens is 1. The van der Waals surface area contributed by atoms with E-state index in [1.165, 1.54) is 0 Å². The molecule has 1 atom stereocenters. The van der Waals surface area contributed by atoms with Crippen LogP contribution in [0.3, 0.4) is 0 Å². The van der Waals surface area contributed by atoms with Crippen LogP contribution in [-0.2, 0) is 22.4 Å². The van der Waals surface area contributed by atoms with Gasteiger partial charge in [-0.2, -0.15) is 0 Å².